The molecule has 1 saturated heterocycles. The summed E-state index contributed by atoms with van der Waals surface area (Å²) in [4.78, 5) is 11.9. The molecule has 0 bridgehead atoms. The Morgan fingerprint density at radius 3 is 2.11 bits per heavy atom. The number of sulfonamides is 2. The van der Waals surface area contributed by atoms with Crippen LogP contribution in [-0.2, 0) is 29.6 Å². The van der Waals surface area contributed by atoms with Gasteiger partial charge in [-0.3, -0.25) is 4.79 Å². The number of esters is 1. The highest BCUT2D eigenvalue weighted by atomic mass is 32.2. The molecular formula is C17H26N2O6S2. The van der Waals surface area contributed by atoms with Gasteiger partial charge in [0, 0.05) is 13.1 Å². The molecule has 1 aliphatic rings. The minimum absolute atomic E-state index is 0.0507. The average Bonchev–Trinajstić information content (AvgIpc) is 3.20. The Balaban J connectivity index is 2.25. The molecule has 1 N–H and O–H groups in total. The molecule has 8 nitrogen and oxygen atoms in total. The molecule has 2 atom stereocenters. The molecule has 0 saturated carbocycles. The Bertz CT molecular complexity index is 859. The SMILES string of the molecule is CC[C@H](C)[C@@H](NS(=O)(=O)c1ccc(S(=O)(=O)N2CCCC2)cc1)C(=O)OC. The van der Waals surface area contributed by atoms with E-state index >= 15 is 0 Å². The van der Waals surface area contributed by atoms with E-state index in [1.54, 1.807) is 6.92 Å². The number of rotatable bonds is 8. The first-order valence-electron chi connectivity index (χ1n) is 8.84. The quantitative estimate of drug-likeness (QED) is 0.638. The Kier molecular flexibility index (Phi) is 7.01. The molecule has 0 radical (unpaired) electrons. The van der Waals surface area contributed by atoms with E-state index in [0.29, 0.717) is 19.5 Å². The summed E-state index contributed by atoms with van der Waals surface area (Å²) in [6.07, 6.45) is 2.22. The number of carbonyl (C=O) groups is 1. The fraction of sp³-hybridized carbons (Fsp3) is 0.588. The molecule has 0 spiro atoms. The third-order valence-electron chi connectivity index (χ3n) is 4.79. The van der Waals surface area contributed by atoms with E-state index in [4.69, 9.17) is 0 Å². The zero-order chi connectivity index (χ0) is 20.2. The van der Waals surface area contributed by atoms with Crippen LogP contribution in [0.2, 0.25) is 0 Å². The predicted octanol–water partition coefficient (Wildman–Crippen LogP) is 1.34. The van der Waals surface area contributed by atoms with Crippen molar-refractivity contribution in [1.29, 1.82) is 0 Å². The van der Waals surface area contributed by atoms with E-state index in [1.807, 2.05) is 6.92 Å². The highest BCUT2D eigenvalue weighted by Gasteiger charge is 2.31. The van der Waals surface area contributed by atoms with Crippen LogP contribution in [0.25, 0.3) is 0 Å². The lowest BCUT2D eigenvalue weighted by molar-refractivity contribution is -0.143. The largest absolute Gasteiger partial charge is 0.468 e. The van der Waals surface area contributed by atoms with Crippen LogP contribution >= 0.6 is 0 Å². The molecule has 1 fully saturated rings. The van der Waals surface area contributed by atoms with Gasteiger partial charge >= 0.3 is 5.97 Å². The maximum absolute atomic E-state index is 12.6. The van der Waals surface area contributed by atoms with Gasteiger partial charge < -0.3 is 4.74 Å². The summed E-state index contributed by atoms with van der Waals surface area (Å²) in [7, 11) is -6.43. The third-order valence-corrected chi connectivity index (χ3v) is 8.16. The van der Waals surface area contributed by atoms with Crippen LogP contribution in [0.5, 0.6) is 0 Å². The summed E-state index contributed by atoms with van der Waals surface area (Å²) >= 11 is 0. The van der Waals surface area contributed by atoms with E-state index < -0.39 is 32.1 Å². The lowest BCUT2D eigenvalue weighted by atomic mass is 10.0. The van der Waals surface area contributed by atoms with Gasteiger partial charge in [0.25, 0.3) is 0 Å². The number of hydrogen-bond donors (Lipinski definition) is 1. The van der Waals surface area contributed by atoms with E-state index in [-0.39, 0.29) is 15.7 Å². The standard InChI is InChI=1S/C17H26N2O6S2/c1-4-13(2)16(17(20)25-3)18-26(21,22)14-7-9-15(10-8-14)27(23,24)19-11-5-6-12-19/h7-10,13,16,18H,4-6,11-12H2,1-3H3/t13-,16+/m0/s1. The summed E-state index contributed by atoms with van der Waals surface area (Å²) in [5.41, 5.74) is 0. The van der Waals surface area contributed by atoms with Crippen molar-refractivity contribution in [2.24, 2.45) is 5.92 Å². The lowest BCUT2D eigenvalue weighted by Crippen LogP contribution is -2.45. The van der Waals surface area contributed by atoms with E-state index in [9.17, 15) is 21.6 Å². The molecule has 0 aromatic heterocycles. The Morgan fingerprint density at radius 1 is 1.11 bits per heavy atom. The second-order valence-electron chi connectivity index (χ2n) is 6.59. The van der Waals surface area contributed by atoms with Crippen molar-refractivity contribution in [3.05, 3.63) is 24.3 Å². The monoisotopic (exact) mass is 418 g/mol. The molecule has 0 unspecified atom stereocenters. The number of benzene rings is 1. The smallest absolute Gasteiger partial charge is 0.324 e. The predicted molar refractivity (Wildman–Crippen MR) is 100 cm³/mol. The maximum atomic E-state index is 12.6. The second-order valence-corrected chi connectivity index (χ2v) is 10.2. The number of ether oxygens (including phenoxy) is 1. The van der Waals surface area contributed by atoms with Gasteiger partial charge in [-0.1, -0.05) is 20.3 Å². The molecule has 1 aromatic carbocycles. The second kappa shape index (κ2) is 8.68. The zero-order valence-corrected chi connectivity index (χ0v) is 17.3. The van der Waals surface area contributed by atoms with Gasteiger partial charge in [-0.25, -0.2) is 16.8 Å². The first kappa shape index (κ1) is 21.8. The maximum Gasteiger partial charge on any atom is 0.324 e. The average molecular weight is 419 g/mol. The summed E-state index contributed by atoms with van der Waals surface area (Å²) in [6, 6.07) is 4.00. The van der Waals surface area contributed by atoms with Gasteiger partial charge in [-0.2, -0.15) is 9.03 Å². The molecule has 0 amide bonds. The third kappa shape index (κ3) is 4.87. The Hall–Kier alpha value is -1.49. The molecular weight excluding hydrogens is 392 g/mol. The van der Waals surface area contributed by atoms with Crippen molar-refractivity contribution < 1.29 is 26.4 Å². The first-order chi connectivity index (χ1) is 12.6. The van der Waals surface area contributed by atoms with Crippen LogP contribution < -0.4 is 4.72 Å². The van der Waals surface area contributed by atoms with Crippen molar-refractivity contribution in [1.82, 2.24) is 9.03 Å². The van der Waals surface area contributed by atoms with Crippen LogP contribution in [0.4, 0.5) is 0 Å². The molecule has 2 rings (SSSR count). The molecule has 27 heavy (non-hydrogen) atoms. The van der Waals surface area contributed by atoms with Crippen LogP contribution in [0.3, 0.4) is 0 Å². The summed E-state index contributed by atoms with van der Waals surface area (Å²) in [6.45, 7) is 4.53. The van der Waals surface area contributed by atoms with Crippen molar-refractivity contribution in [3.8, 4) is 0 Å². The first-order valence-corrected chi connectivity index (χ1v) is 11.8. The van der Waals surface area contributed by atoms with Crippen LogP contribution in [-0.4, -0.2) is 53.4 Å². The van der Waals surface area contributed by atoms with E-state index in [0.717, 1.165) is 12.8 Å². The fourth-order valence-electron chi connectivity index (χ4n) is 2.86. The molecule has 1 aliphatic heterocycles. The van der Waals surface area contributed by atoms with E-state index in [1.165, 1.54) is 35.7 Å². The number of hydrogen-bond acceptors (Lipinski definition) is 6. The Labute approximate surface area is 161 Å². The topological polar surface area (TPSA) is 110 Å². The summed E-state index contributed by atoms with van der Waals surface area (Å²) in [5, 5.41) is 0. The van der Waals surface area contributed by atoms with Crippen molar-refractivity contribution >= 4 is 26.0 Å². The van der Waals surface area contributed by atoms with Crippen LogP contribution in [0.1, 0.15) is 33.1 Å². The number of carbonyl (C=O) groups excluding carboxylic acids is 1. The molecule has 152 valence electrons. The molecule has 0 aliphatic carbocycles. The number of methoxy groups -OCH3 is 1. The molecule has 1 aromatic rings. The zero-order valence-electron chi connectivity index (χ0n) is 15.7. The van der Waals surface area contributed by atoms with Gasteiger partial charge in [-0.15, -0.1) is 0 Å². The highest BCUT2D eigenvalue weighted by molar-refractivity contribution is 7.89. The van der Waals surface area contributed by atoms with Gasteiger partial charge in [0.05, 0.1) is 16.9 Å². The lowest BCUT2D eigenvalue weighted by Gasteiger charge is -2.22. The number of nitrogens with one attached hydrogen (secondary N) is 1. The van der Waals surface area contributed by atoms with Gasteiger partial charge in [0.15, 0.2) is 0 Å². The normalized spacial score (nSPS) is 18.2. The van der Waals surface area contributed by atoms with Gasteiger partial charge in [0.2, 0.25) is 20.0 Å². The van der Waals surface area contributed by atoms with Gasteiger partial charge in [0.1, 0.15) is 6.04 Å². The van der Waals surface area contributed by atoms with Crippen molar-refractivity contribution in [3.63, 3.8) is 0 Å². The highest BCUT2D eigenvalue weighted by Crippen LogP contribution is 2.22. The van der Waals surface area contributed by atoms with Gasteiger partial charge in [-0.05, 0) is 43.0 Å². The molecule has 10 heteroatoms. The van der Waals surface area contributed by atoms with Crippen molar-refractivity contribution in [2.75, 3.05) is 20.2 Å². The minimum atomic E-state index is -4.01. The molecule has 1 heterocycles. The minimum Gasteiger partial charge on any atom is -0.468 e. The van der Waals surface area contributed by atoms with Crippen LogP contribution in [0.15, 0.2) is 34.1 Å². The number of nitrogens with zero attached hydrogens (tertiary/aromatic N) is 1. The Morgan fingerprint density at radius 2 is 1.63 bits per heavy atom. The summed E-state index contributed by atoms with van der Waals surface area (Å²) in [5.74, 6) is -0.928. The van der Waals surface area contributed by atoms with E-state index in [2.05, 4.69) is 9.46 Å². The summed E-state index contributed by atoms with van der Waals surface area (Å²) < 4.78 is 58.7. The van der Waals surface area contributed by atoms with Crippen molar-refractivity contribution in [2.45, 2.75) is 48.9 Å². The van der Waals surface area contributed by atoms with Crippen LogP contribution in [0, 0.1) is 5.92 Å². The fourth-order valence-corrected chi connectivity index (χ4v) is 5.67.